The van der Waals surface area contributed by atoms with Crippen LogP contribution in [0.1, 0.15) is 41.5 Å². The maximum absolute atomic E-state index is 12.0. The van der Waals surface area contributed by atoms with Crippen LogP contribution in [-0.4, -0.2) is 46.7 Å². The largest absolute Gasteiger partial charge is 0.389 e. The van der Waals surface area contributed by atoms with Crippen molar-refractivity contribution in [2.75, 3.05) is 19.6 Å². The number of hydrogen-bond donors (Lipinski definition) is 2. The van der Waals surface area contributed by atoms with Crippen LogP contribution in [0.4, 0.5) is 0 Å². The quantitative estimate of drug-likeness (QED) is 0.726. The zero-order valence-electron chi connectivity index (χ0n) is 12.9. The molecule has 0 aliphatic heterocycles. The van der Waals surface area contributed by atoms with E-state index in [2.05, 4.69) is 11.4 Å². The maximum Gasteiger partial charge on any atom is 0.235 e. The van der Waals surface area contributed by atoms with Gasteiger partial charge in [-0.05, 0) is 33.2 Å². The summed E-state index contributed by atoms with van der Waals surface area (Å²) in [5.41, 5.74) is -1.70. The van der Waals surface area contributed by atoms with Gasteiger partial charge in [0.05, 0.1) is 18.2 Å². The highest BCUT2D eigenvalue weighted by Gasteiger charge is 2.30. The number of nitrogens with zero attached hydrogens (tertiary/aromatic N) is 2. The Kier molecular flexibility index (Phi) is 6.47. The maximum atomic E-state index is 12.0. The van der Waals surface area contributed by atoms with E-state index in [1.54, 1.807) is 20.8 Å². The van der Waals surface area contributed by atoms with Crippen molar-refractivity contribution in [3.8, 4) is 6.07 Å². The molecule has 0 aromatic carbocycles. The number of carbonyl (C=O) groups is 1. The van der Waals surface area contributed by atoms with Gasteiger partial charge in [-0.1, -0.05) is 20.8 Å². The smallest absolute Gasteiger partial charge is 0.235 e. The van der Waals surface area contributed by atoms with E-state index in [0.717, 1.165) is 0 Å². The Morgan fingerprint density at radius 2 is 1.95 bits per heavy atom. The zero-order valence-corrected chi connectivity index (χ0v) is 12.9. The summed E-state index contributed by atoms with van der Waals surface area (Å²) in [6.45, 7) is 12.2. The fraction of sp³-hybridized carbons (Fsp3) is 0.857. The Bertz CT molecular complexity index is 342. The molecule has 0 saturated heterocycles. The van der Waals surface area contributed by atoms with Crippen LogP contribution >= 0.6 is 0 Å². The van der Waals surface area contributed by atoms with Gasteiger partial charge in [0.25, 0.3) is 0 Å². The zero-order chi connectivity index (χ0) is 15.3. The number of aliphatic hydroxyl groups is 1. The van der Waals surface area contributed by atoms with Crippen LogP contribution < -0.4 is 5.32 Å². The molecule has 110 valence electrons. The lowest BCUT2D eigenvalue weighted by atomic mass is 9.90. The molecule has 0 bridgehead atoms. The standard InChI is InChI=1S/C14H27N3O2/c1-7-17(10-13(4,5)19)8-12(18)16-14(6,9-15)11(2)3/h11,19H,7-8,10H2,1-6H3,(H,16,18). The van der Waals surface area contributed by atoms with E-state index in [1.165, 1.54) is 0 Å². The minimum atomic E-state index is -0.856. The number of rotatable bonds is 7. The molecule has 0 aromatic rings. The molecule has 5 nitrogen and oxygen atoms in total. The normalized spacial score (nSPS) is 15.2. The van der Waals surface area contributed by atoms with E-state index in [1.807, 2.05) is 25.7 Å². The molecule has 19 heavy (non-hydrogen) atoms. The monoisotopic (exact) mass is 269 g/mol. The summed E-state index contributed by atoms with van der Waals surface area (Å²) >= 11 is 0. The fourth-order valence-electron chi connectivity index (χ4n) is 1.66. The molecule has 0 aromatic heterocycles. The van der Waals surface area contributed by atoms with Crippen molar-refractivity contribution in [2.24, 2.45) is 5.92 Å². The van der Waals surface area contributed by atoms with Crippen LogP contribution in [0.15, 0.2) is 0 Å². The third-order valence-electron chi connectivity index (χ3n) is 3.21. The molecule has 0 spiro atoms. The second kappa shape index (κ2) is 6.88. The second-order valence-electron chi connectivity index (χ2n) is 6.13. The van der Waals surface area contributed by atoms with Gasteiger partial charge in [-0.3, -0.25) is 9.69 Å². The van der Waals surface area contributed by atoms with Crippen molar-refractivity contribution in [3.63, 3.8) is 0 Å². The second-order valence-corrected chi connectivity index (χ2v) is 6.13. The van der Waals surface area contributed by atoms with Crippen molar-refractivity contribution in [1.29, 1.82) is 5.26 Å². The third kappa shape index (κ3) is 6.55. The number of nitriles is 1. The lowest BCUT2D eigenvalue weighted by Gasteiger charge is -2.31. The minimum absolute atomic E-state index is 0.0332. The van der Waals surface area contributed by atoms with Crippen LogP contribution in [0, 0.1) is 17.2 Å². The van der Waals surface area contributed by atoms with Gasteiger partial charge in [0.15, 0.2) is 0 Å². The first-order valence-electron chi connectivity index (χ1n) is 6.71. The average Bonchev–Trinajstić information content (AvgIpc) is 2.25. The third-order valence-corrected chi connectivity index (χ3v) is 3.21. The highest BCUT2D eigenvalue weighted by Crippen LogP contribution is 2.15. The number of amides is 1. The van der Waals surface area contributed by atoms with Crippen molar-refractivity contribution in [1.82, 2.24) is 10.2 Å². The first kappa shape index (κ1) is 17.9. The molecule has 5 heteroatoms. The number of likely N-dealkylation sites (N-methyl/N-ethyl adjacent to an activating group) is 1. The predicted molar refractivity (Wildman–Crippen MR) is 75.4 cm³/mol. The van der Waals surface area contributed by atoms with E-state index in [9.17, 15) is 9.90 Å². The van der Waals surface area contributed by atoms with E-state index in [4.69, 9.17) is 5.26 Å². The summed E-state index contributed by atoms with van der Waals surface area (Å²) < 4.78 is 0. The molecule has 1 unspecified atom stereocenters. The van der Waals surface area contributed by atoms with Crippen LogP contribution in [-0.2, 0) is 4.79 Å². The van der Waals surface area contributed by atoms with E-state index in [0.29, 0.717) is 13.1 Å². The average molecular weight is 269 g/mol. The Morgan fingerprint density at radius 1 is 1.42 bits per heavy atom. The van der Waals surface area contributed by atoms with Gasteiger partial charge < -0.3 is 10.4 Å². The number of nitrogens with one attached hydrogen (secondary N) is 1. The van der Waals surface area contributed by atoms with Gasteiger partial charge in [0.1, 0.15) is 5.54 Å². The summed E-state index contributed by atoms with van der Waals surface area (Å²) in [4.78, 5) is 13.8. The molecule has 0 rings (SSSR count). The number of hydrogen-bond acceptors (Lipinski definition) is 4. The van der Waals surface area contributed by atoms with Gasteiger partial charge in [0, 0.05) is 6.54 Å². The fourth-order valence-corrected chi connectivity index (χ4v) is 1.66. The lowest BCUT2D eigenvalue weighted by molar-refractivity contribution is -0.124. The SMILES string of the molecule is CCN(CC(=O)NC(C)(C#N)C(C)C)CC(C)(C)O. The summed E-state index contributed by atoms with van der Waals surface area (Å²) in [5, 5.41) is 21.7. The molecule has 0 radical (unpaired) electrons. The van der Waals surface area contributed by atoms with Crippen LogP contribution in [0.2, 0.25) is 0 Å². The summed E-state index contributed by atoms with van der Waals surface area (Å²) in [6, 6.07) is 2.15. The molecule has 0 heterocycles. The van der Waals surface area contributed by atoms with Gasteiger partial charge >= 0.3 is 0 Å². The van der Waals surface area contributed by atoms with Crippen LogP contribution in [0.25, 0.3) is 0 Å². The highest BCUT2D eigenvalue weighted by atomic mass is 16.3. The molecular weight excluding hydrogens is 242 g/mol. The van der Waals surface area contributed by atoms with Gasteiger partial charge in [0.2, 0.25) is 5.91 Å². The van der Waals surface area contributed by atoms with Crippen molar-refractivity contribution in [2.45, 2.75) is 52.7 Å². The minimum Gasteiger partial charge on any atom is -0.389 e. The molecule has 0 aliphatic rings. The molecular formula is C14H27N3O2. The molecule has 0 saturated carbocycles. The Morgan fingerprint density at radius 3 is 2.26 bits per heavy atom. The van der Waals surface area contributed by atoms with Gasteiger partial charge in [-0.2, -0.15) is 5.26 Å². The highest BCUT2D eigenvalue weighted by molar-refractivity contribution is 5.79. The molecule has 1 amide bonds. The van der Waals surface area contributed by atoms with Crippen LogP contribution in [0.3, 0.4) is 0 Å². The van der Waals surface area contributed by atoms with Crippen molar-refractivity contribution in [3.05, 3.63) is 0 Å². The molecule has 0 fully saturated rings. The summed E-state index contributed by atoms with van der Waals surface area (Å²) in [7, 11) is 0. The summed E-state index contributed by atoms with van der Waals surface area (Å²) in [6.07, 6.45) is 0. The van der Waals surface area contributed by atoms with E-state index >= 15 is 0 Å². The first-order valence-corrected chi connectivity index (χ1v) is 6.71. The topological polar surface area (TPSA) is 76.4 Å². The lowest BCUT2D eigenvalue weighted by Crippen LogP contribution is -2.52. The molecule has 0 aliphatic carbocycles. The Balaban J connectivity index is 4.57. The van der Waals surface area contributed by atoms with Crippen molar-refractivity contribution >= 4 is 5.91 Å². The van der Waals surface area contributed by atoms with Crippen molar-refractivity contribution < 1.29 is 9.90 Å². The predicted octanol–water partition coefficient (Wildman–Crippen LogP) is 1.13. The Hall–Kier alpha value is -1.12. The van der Waals surface area contributed by atoms with Gasteiger partial charge in [-0.15, -0.1) is 0 Å². The first-order chi connectivity index (χ1) is 8.54. The van der Waals surface area contributed by atoms with Crippen LogP contribution in [0.5, 0.6) is 0 Å². The van der Waals surface area contributed by atoms with E-state index < -0.39 is 11.1 Å². The number of carbonyl (C=O) groups excluding carboxylic acids is 1. The Labute approximate surface area is 116 Å². The van der Waals surface area contributed by atoms with Gasteiger partial charge in [-0.25, -0.2) is 0 Å². The molecule has 1 atom stereocenters. The molecule has 2 N–H and O–H groups in total. The summed E-state index contributed by atoms with van der Waals surface area (Å²) in [5.74, 6) is -0.158. The van der Waals surface area contributed by atoms with E-state index in [-0.39, 0.29) is 18.4 Å².